The third kappa shape index (κ3) is 2.01. The molecule has 1 aromatic heterocycles. The molecule has 0 amide bonds. The summed E-state index contributed by atoms with van der Waals surface area (Å²) < 4.78 is 0. The molecule has 20 heavy (non-hydrogen) atoms. The summed E-state index contributed by atoms with van der Waals surface area (Å²) in [5, 5.41) is 0. The second-order valence-corrected chi connectivity index (χ2v) is 7.01. The Balaban J connectivity index is 1.67. The molecule has 0 N–H and O–H groups in total. The SMILES string of the molecule is CCc1ccc(C2CC2)c(C(=O)C2CC3CCC2C3)n1. The van der Waals surface area contributed by atoms with E-state index in [4.69, 9.17) is 4.98 Å². The van der Waals surface area contributed by atoms with Gasteiger partial charge in [0, 0.05) is 11.6 Å². The lowest BCUT2D eigenvalue weighted by molar-refractivity contribution is 0.0868. The Kier molecular flexibility index (Phi) is 2.94. The van der Waals surface area contributed by atoms with Crippen LogP contribution in [0.25, 0.3) is 0 Å². The zero-order valence-electron chi connectivity index (χ0n) is 12.3. The van der Waals surface area contributed by atoms with Crippen molar-refractivity contribution in [1.82, 2.24) is 4.98 Å². The monoisotopic (exact) mass is 269 g/mol. The van der Waals surface area contributed by atoms with Crippen molar-refractivity contribution in [3.05, 3.63) is 29.1 Å². The van der Waals surface area contributed by atoms with E-state index >= 15 is 0 Å². The molecule has 2 nitrogen and oxygen atoms in total. The van der Waals surface area contributed by atoms with Crippen LogP contribution in [0.4, 0.5) is 0 Å². The number of pyridine rings is 1. The number of ketones is 1. The number of hydrogen-bond acceptors (Lipinski definition) is 2. The molecule has 0 radical (unpaired) electrons. The van der Waals surface area contributed by atoms with Crippen LogP contribution in [-0.4, -0.2) is 10.8 Å². The van der Waals surface area contributed by atoms with Crippen LogP contribution in [0.15, 0.2) is 12.1 Å². The minimum absolute atomic E-state index is 0.283. The van der Waals surface area contributed by atoms with E-state index in [0.717, 1.165) is 30.1 Å². The van der Waals surface area contributed by atoms with Crippen molar-refractivity contribution in [1.29, 1.82) is 0 Å². The first kappa shape index (κ1) is 12.6. The maximum Gasteiger partial charge on any atom is 0.184 e. The predicted octanol–water partition coefficient (Wildman–Crippen LogP) is 4.14. The number of carbonyl (C=O) groups excluding carboxylic acids is 1. The summed E-state index contributed by atoms with van der Waals surface area (Å²) in [5.74, 6) is 2.76. The quantitative estimate of drug-likeness (QED) is 0.769. The Bertz CT molecular complexity index is 546. The van der Waals surface area contributed by atoms with E-state index in [1.54, 1.807) is 0 Å². The Labute approximate surface area is 121 Å². The molecule has 3 atom stereocenters. The number of aromatic nitrogens is 1. The van der Waals surface area contributed by atoms with E-state index in [1.165, 1.54) is 37.7 Å². The zero-order valence-corrected chi connectivity index (χ0v) is 12.3. The lowest BCUT2D eigenvalue weighted by Gasteiger charge is -2.21. The van der Waals surface area contributed by atoms with Crippen molar-refractivity contribution in [3.63, 3.8) is 0 Å². The molecule has 4 rings (SSSR count). The van der Waals surface area contributed by atoms with Crippen LogP contribution in [-0.2, 0) is 6.42 Å². The average Bonchev–Trinajstić information content (AvgIpc) is 3.12. The highest BCUT2D eigenvalue weighted by atomic mass is 16.1. The van der Waals surface area contributed by atoms with Crippen LogP contribution in [0.2, 0.25) is 0 Å². The van der Waals surface area contributed by atoms with Gasteiger partial charge in [0.25, 0.3) is 0 Å². The number of fused-ring (bicyclic) bond motifs is 2. The summed E-state index contributed by atoms with van der Waals surface area (Å²) in [6.45, 7) is 2.12. The van der Waals surface area contributed by atoms with Crippen molar-refractivity contribution in [3.8, 4) is 0 Å². The van der Waals surface area contributed by atoms with Crippen molar-refractivity contribution in [2.75, 3.05) is 0 Å². The van der Waals surface area contributed by atoms with Gasteiger partial charge in [0.15, 0.2) is 5.78 Å². The smallest absolute Gasteiger partial charge is 0.184 e. The van der Waals surface area contributed by atoms with Gasteiger partial charge in [-0.05, 0) is 67.9 Å². The summed E-state index contributed by atoms with van der Waals surface area (Å²) in [6, 6.07) is 4.30. The highest BCUT2D eigenvalue weighted by Gasteiger charge is 2.44. The van der Waals surface area contributed by atoms with Gasteiger partial charge < -0.3 is 0 Å². The Morgan fingerprint density at radius 1 is 1.20 bits per heavy atom. The first-order valence-electron chi connectivity index (χ1n) is 8.30. The third-order valence-electron chi connectivity index (χ3n) is 5.67. The molecule has 3 aliphatic carbocycles. The number of hydrogen-bond donors (Lipinski definition) is 0. The van der Waals surface area contributed by atoms with Crippen LogP contribution in [0.1, 0.15) is 73.1 Å². The molecular formula is C18H23NO. The van der Waals surface area contributed by atoms with Crippen LogP contribution in [0, 0.1) is 17.8 Å². The van der Waals surface area contributed by atoms with Crippen LogP contribution < -0.4 is 0 Å². The largest absolute Gasteiger partial charge is 0.292 e. The highest BCUT2D eigenvalue weighted by molar-refractivity contribution is 5.98. The zero-order chi connectivity index (χ0) is 13.7. The van der Waals surface area contributed by atoms with Gasteiger partial charge in [0.05, 0.1) is 0 Å². The van der Waals surface area contributed by atoms with Crippen LogP contribution in [0.3, 0.4) is 0 Å². The molecule has 0 aromatic carbocycles. The molecule has 1 heterocycles. The van der Waals surface area contributed by atoms with Gasteiger partial charge in [-0.15, -0.1) is 0 Å². The number of aryl methyl sites for hydroxylation is 1. The molecule has 0 saturated heterocycles. The van der Waals surface area contributed by atoms with Gasteiger partial charge in [-0.3, -0.25) is 4.79 Å². The molecule has 3 saturated carbocycles. The molecule has 3 unspecified atom stereocenters. The van der Waals surface area contributed by atoms with E-state index in [0.29, 0.717) is 17.6 Å². The fourth-order valence-electron chi connectivity index (χ4n) is 4.37. The molecular weight excluding hydrogens is 246 g/mol. The molecule has 2 heteroatoms. The fraction of sp³-hybridized carbons (Fsp3) is 0.667. The minimum Gasteiger partial charge on any atom is -0.292 e. The molecule has 3 fully saturated rings. The van der Waals surface area contributed by atoms with E-state index in [2.05, 4.69) is 19.1 Å². The van der Waals surface area contributed by atoms with E-state index in [-0.39, 0.29) is 5.92 Å². The lowest BCUT2D eigenvalue weighted by atomic mass is 9.83. The van der Waals surface area contributed by atoms with Crippen molar-refractivity contribution in [2.24, 2.45) is 17.8 Å². The molecule has 0 aliphatic heterocycles. The van der Waals surface area contributed by atoms with Crippen LogP contribution >= 0.6 is 0 Å². The maximum atomic E-state index is 13.0. The van der Waals surface area contributed by atoms with Crippen molar-refractivity contribution < 1.29 is 4.79 Å². The first-order valence-corrected chi connectivity index (χ1v) is 8.30. The summed E-state index contributed by atoms with van der Waals surface area (Å²) in [7, 11) is 0. The average molecular weight is 269 g/mol. The van der Waals surface area contributed by atoms with Gasteiger partial charge in [0.2, 0.25) is 0 Å². The van der Waals surface area contributed by atoms with Gasteiger partial charge in [0.1, 0.15) is 5.69 Å². The standard InChI is InChI=1S/C18H23NO/c1-2-14-7-8-15(12-5-6-12)17(19-14)18(20)16-10-11-3-4-13(16)9-11/h7-8,11-13,16H,2-6,9-10H2,1H3. The molecule has 0 spiro atoms. The van der Waals surface area contributed by atoms with Crippen molar-refractivity contribution in [2.45, 2.75) is 57.8 Å². The van der Waals surface area contributed by atoms with Gasteiger partial charge >= 0.3 is 0 Å². The third-order valence-corrected chi connectivity index (χ3v) is 5.67. The second kappa shape index (κ2) is 4.68. The fourth-order valence-corrected chi connectivity index (χ4v) is 4.37. The van der Waals surface area contributed by atoms with E-state index in [1.807, 2.05) is 0 Å². The van der Waals surface area contributed by atoms with Crippen LogP contribution in [0.5, 0.6) is 0 Å². The maximum absolute atomic E-state index is 13.0. The topological polar surface area (TPSA) is 30.0 Å². The Morgan fingerprint density at radius 3 is 2.65 bits per heavy atom. The molecule has 1 aromatic rings. The highest BCUT2D eigenvalue weighted by Crippen LogP contribution is 2.50. The summed E-state index contributed by atoms with van der Waals surface area (Å²) in [4.78, 5) is 17.7. The summed E-state index contributed by atoms with van der Waals surface area (Å²) >= 11 is 0. The van der Waals surface area contributed by atoms with Gasteiger partial charge in [-0.1, -0.05) is 19.4 Å². The molecule has 2 bridgehead atoms. The van der Waals surface area contributed by atoms with E-state index in [9.17, 15) is 4.79 Å². The van der Waals surface area contributed by atoms with E-state index < -0.39 is 0 Å². The van der Waals surface area contributed by atoms with Crippen molar-refractivity contribution >= 4 is 5.78 Å². The summed E-state index contributed by atoms with van der Waals surface area (Å²) in [5.41, 5.74) is 3.15. The summed E-state index contributed by atoms with van der Waals surface area (Å²) in [6.07, 6.45) is 8.45. The second-order valence-electron chi connectivity index (χ2n) is 7.01. The van der Waals surface area contributed by atoms with Gasteiger partial charge in [-0.25, -0.2) is 4.98 Å². The molecule has 106 valence electrons. The lowest BCUT2D eigenvalue weighted by Crippen LogP contribution is -2.23. The molecule has 3 aliphatic rings. The first-order chi connectivity index (χ1) is 9.76. The number of rotatable bonds is 4. The Morgan fingerprint density at radius 2 is 2.05 bits per heavy atom. The number of nitrogens with zero attached hydrogens (tertiary/aromatic N) is 1. The number of carbonyl (C=O) groups is 1. The minimum atomic E-state index is 0.283. The normalized spacial score (nSPS) is 31.8. The predicted molar refractivity (Wildman–Crippen MR) is 78.9 cm³/mol. The number of Topliss-reactive ketones (excluding diaryl/α,β-unsaturated/α-hetero) is 1. The Hall–Kier alpha value is -1.18. The van der Waals surface area contributed by atoms with Gasteiger partial charge in [-0.2, -0.15) is 0 Å².